The molecule has 30 heavy (non-hydrogen) atoms. The van der Waals surface area contributed by atoms with Crippen molar-refractivity contribution in [1.29, 1.82) is 0 Å². The van der Waals surface area contributed by atoms with Gasteiger partial charge in [-0.15, -0.1) is 0 Å². The third-order valence-electron chi connectivity index (χ3n) is 4.98. The molecule has 0 aliphatic heterocycles. The zero-order valence-corrected chi connectivity index (χ0v) is 18.9. The number of hydrogen-bond donors (Lipinski definition) is 1. The second kappa shape index (κ2) is 11.6. The van der Waals surface area contributed by atoms with Crippen molar-refractivity contribution < 1.29 is 14.3 Å². The molecule has 0 aromatic heterocycles. The van der Waals surface area contributed by atoms with Crippen LogP contribution >= 0.6 is 11.6 Å². The maximum absolute atomic E-state index is 13.1. The lowest BCUT2D eigenvalue weighted by atomic mass is 10.1. The van der Waals surface area contributed by atoms with E-state index in [0.717, 1.165) is 17.5 Å². The summed E-state index contributed by atoms with van der Waals surface area (Å²) >= 11 is 5.99. The Hall–Kier alpha value is -2.53. The molecule has 0 heterocycles. The third-order valence-corrected chi connectivity index (χ3v) is 5.22. The molecule has 2 unspecified atom stereocenters. The molecule has 2 amide bonds. The van der Waals surface area contributed by atoms with Gasteiger partial charge in [0.05, 0.1) is 0 Å². The summed E-state index contributed by atoms with van der Waals surface area (Å²) in [4.78, 5) is 27.6. The molecular formula is C24H31ClN2O3. The molecule has 0 bridgehead atoms. The summed E-state index contributed by atoms with van der Waals surface area (Å²) in [7, 11) is 0. The second-order valence-electron chi connectivity index (χ2n) is 7.50. The first-order valence-corrected chi connectivity index (χ1v) is 10.8. The molecule has 0 saturated carbocycles. The Balaban J connectivity index is 2.21. The maximum Gasteiger partial charge on any atom is 0.261 e. The standard InChI is InChI=1S/C24H31ClN2O3/c1-5-18(4)26-24(29)22(6-2)27(15-19-10-7-9-17(3)13-19)23(28)16-30-21-12-8-11-20(25)14-21/h7-14,18,22H,5-6,15-16H2,1-4H3,(H,26,29). The number of rotatable bonds is 10. The van der Waals surface area contributed by atoms with Gasteiger partial charge in [0.1, 0.15) is 11.8 Å². The predicted molar refractivity (Wildman–Crippen MR) is 121 cm³/mol. The van der Waals surface area contributed by atoms with Crippen LogP contribution in [0.2, 0.25) is 5.02 Å². The van der Waals surface area contributed by atoms with E-state index in [4.69, 9.17) is 16.3 Å². The predicted octanol–water partition coefficient (Wildman–Crippen LogP) is 4.75. The SMILES string of the molecule is CCC(C)NC(=O)C(CC)N(Cc1cccc(C)c1)C(=O)COc1cccc(Cl)c1. The lowest BCUT2D eigenvalue weighted by molar-refractivity contribution is -0.143. The molecule has 0 radical (unpaired) electrons. The van der Waals surface area contributed by atoms with Crippen molar-refractivity contribution in [1.82, 2.24) is 10.2 Å². The Kier molecular flexibility index (Phi) is 9.18. The number of ether oxygens (including phenoxy) is 1. The maximum atomic E-state index is 13.1. The normalized spacial score (nSPS) is 12.7. The number of carbonyl (C=O) groups is 2. The minimum Gasteiger partial charge on any atom is -0.484 e. The Bertz CT molecular complexity index is 856. The number of aryl methyl sites for hydroxylation is 1. The van der Waals surface area contributed by atoms with Gasteiger partial charge in [0.2, 0.25) is 5.91 Å². The summed E-state index contributed by atoms with van der Waals surface area (Å²) in [6.07, 6.45) is 1.34. The fraction of sp³-hybridized carbons (Fsp3) is 0.417. The summed E-state index contributed by atoms with van der Waals surface area (Å²) in [6, 6.07) is 14.3. The lowest BCUT2D eigenvalue weighted by Crippen LogP contribution is -2.51. The van der Waals surface area contributed by atoms with Crippen molar-refractivity contribution in [2.75, 3.05) is 6.61 Å². The van der Waals surface area contributed by atoms with E-state index in [0.29, 0.717) is 23.7 Å². The van der Waals surface area contributed by atoms with Crippen LogP contribution in [-0.2, 0) is 16.1 Å². The van der Waals surface area contributed by atoms with E-state index in [1.807, 2.05) is 52.0 Å². The van der Waals surface area contributed by atoms with Crippen LogP contribution in [0.15, 0.2) is 48.5 Å². The van der Waals surface area contributed by atoms with E-state index in [1.54, 1.807) is 29.2 Å². The smallest absolute Gasteiger partial charge is 0.261 e. The monoisotopic (exact) mass is 430 g/mol. The first-order chi connectivity index (χ1) is 14.3. The number of carbonyl (C=O) groups excluding carboxylic acids is 2. The van der Waals surface area contributed by atoms with E-state index in [1.165, 1.54) is 0 Å². The average molecular weight is 431 g/mol. The molecule has 162 valence electrons. The average Bonchev–Trinajstić information content (AvgIpc) is 2.71. The lowest BCUT2D eigenvalue weighted by Gasteiger charge is -2.31. The van der Waals surface area contributed by atoms with Crippen molar-refractivity contribution in [3.05, 3.63) is 64.7 Å². The van der Waals surface area contributed by atoms with Gasteiger partial charge in [-0.05, 0) is 50.5 Å². The molecule has 0 fully saturated rings. The number of nitrogens with one attached hydrogen (secondary N) is 1. The van der Waals surface area contributed by atoms with Crippen LogP contribution < -0.4 is 10.1 Å². The van der Waals surface area contributed by atoms with Crippen molar-refractivity contribution >= 4 is 23.4 Å². The molecule has 0 spiro atoms. The molecular weight excluding hydrogens is 400 g/mol. The van der Waals surface area contributed by atoms with Gasteiger partial charge < -0.3 is 15.0 Å². The fourth-order valence-corrected chi connectivity index (χ4v) is 3.33. The Morgan fingerprint density at radius 1 is 1.10 bits per heavy atom. The van der Waals surface area contributed by atoms with Crippen LogP contribution in [0.5, 0.6) is 5.75 Å². The Labute approximate surface area is 184 Å². The van der Waals surface area contributed by atoms with E-state index in [9.17, 15) is 9.59 Å². The van der Waals surface area contributed by atoms with Crippen LogP contribution in [0.4, 0.5) is 0 Å². The molecule has 2 rings (SSSR count). The molecule has 2 atom stereocenters. The zero-order chi connectivity index (χ0) is 22.1. The molecule has 0 aliphatic rings. The first-order valence-electron chi connectivity index (χ1n) is 10.4. The quantitative estimate of drug-likeness (QED) is 0.591. The van der Waals surface area contributed by atoms with Crippen LogP contribution in [0.1, 0.15) is 44.7 Å². The number of hydrogen-bond acceptors (Lipinski definition) is 3. The summed E-state index contributed by atoms with van der Waals surface area (Å²) in [5, 5.41) is 3.54. The van der Waals surface area contributed by atoms with Crippen molar-refractivity contribution in [3.8, 4) is 5.75 Å². The molecule has 0 saturated heterocycles. The highest BCUT2D eigenvalue weighted by Crippen LogP contribution is 2.18. The number of benzene rings is 2. The second-order valence-corrected chi connectivity index (χ2v) is 7.94. The Morgan fingerprint density at radius 2 is 1.83 bits per heavy atom. The van der Waals surface area contributed by atoms with Gasteiger partial charge in [-0.1, -0.05) is 61.3 Å². The van der Waals surface area contributed by atoms with Gasteiger partial charge in [0.15, 0.2) is 6.61 Å². The third kappa shape index (κ3) is 7.06. The van der Waals surface area contributed by atoms with Gasteiger partial charge in [-0.3, -0.25) is 9.59 Å². The largest absolute Gasteiger partial charge is 0.484 e. The highest BCUT2D eigenvalue weighted by Gasteiger charge is 2.29. The molecule has 1 N–H and O–H groups in total. The summed E-state index contributed by atoms with van der Waals surface area (Å²) in [5.74, 6) is 0.127. The van der Waals surface area contributed by atoms with E-state index < -0.39 is 6.04 Å². The van der Waals surface area contributed by atoms with Gasteiger partial charge >= 0.3 is 0 Å². The van der Waals surface area contributed by atoms with E-state index >= 15 is 0 Å². The van der Waals surface area contributed by atoms with E-state index in [-0.39, 0.29) is 24.5 Å². The molecule has 6 heteroatoms. The zero-order valence-electron chi connectivity index (χ0n) is 18.2. The number of nitrogens with zero attached hydrogens (tertiary/aromatic N) is 1. The van der Waals surface area contributed by atoms with E-state index in [2.05, 4.69) is 5.32 Å². The molecule has 0 aliphatic carbocycles. The first kappa shape index (κ1) is 23.7. The highest BCUT2D eigenvalue weighted by atomic mass is 35.5. The van der Waals surface area contributed by atoms with Gasteiger partial charge in [0, 0.05) is 17.6 Å². The topological polar surface area (TPSA) is 58.6 Å². The highest BCUT2D eigenvalue weighted by molar-refractivity contribution is 6.30. The Morgan fingerprint density at radius 3 is 2.47 bits per heavy atom. The van der Waals surface area contributed by atoms with Crippen molar-refractivity contribution in [2.24, 2.45) is 0 Å². The van der Waals surface area contributed by atoms with Crippen molar-refractivity contribution in [3.63, 3.8) is 0 Å². The van der Waals surface area contributed by atoms with Gasteiger partial charge in [-0.2, -0.15) is 0 Å². The van der Waals surface area contributed by atoms with Crippen LogP contribution in [0.3, 0.4) is 0 Å². The summed E-state index contributed by atoms with van der Waals surface area (Å²) in [5.41, 5.74) is 2.08. The summed E-state index contributed by atoms with van der Waals surface area (Å²) in [6.45, 7) is 8.06. The van der Waals surface area contributed by atoms with Gasteiger partial charge in [0.25, 0.3) is 5.91 Å². The van der Waals surface area contributed by atoms with Gasteiger partial charge in [-0.25, -0.2) is 0 Å². The molecule has 2 aromatic carbocycles. The fourth-order valence-electron chi connectivity index (χ4n) is 3.15. The van der Waals surface area contributed by atoms with Crippen LogP contribution in [-0.4, -0.2) is 35.4 Å². The number of halogens is 1. The number of amides is 2. The van der Waals surface area contributed by atoms with Crippen LogP contribution in [0, 0.1) is 6.92 Å². The molecule has 5 nitrogen and oxygen atoms in total. The summed E-state index contributed by atoms with van der Waals surface area (Å²) < 4.78 is 5.66. The minimum atomic E-state index is -0.574. The van der Waals surface area contributed by atoms with Crippen LogP contribution in [0.25, 0.3) is 0 Å². The molecule has 2 aromatic rings. The van der Waals surface area contributed by atoms with Crippen molar-refractivity contribution in [2.45, 2.75) is 59.2 Å². The minimum absolute atomic E-state index is 0.0465.